The van der Waals surface area contributed by atoms with Crippen molar-refractivity contribution < 1.29 is 13.2 Å². The van der Waals surface area contributed by atoms with Crippen molar-refractivity contribution >= 4 is 9.84 Å². The largest absolute Gasteiger partial charge is 0.493 e. The average Bonchev–Trinajstić information content (AvgIpc) is 2.45. The highest BCUT2D eigenvalue weighted by molar-refractivity contribution is 7.91. The van der Waals surface area contributed by atoms with Gasteiger partial charge in [-0.1, -0.05) is 31.5 Å². The summed E-state index contributed by atoms with van der Waals surface area (Å²) in [5.41, 5.74) is 2.33. The van der Waals surface area contributed by atoms with Gasteiger partial charge in [-0.2, -0.15) is 0 Å². The van der Waals surface area contributed by atoms with Crippen molar-refractivity contribution in [2.24, 2.45) is 0 Å². The zero-order valence-electron chi connectivity index (χ0n) is 13.3. The molecule has 0 aromatic heterocycles. The smallest absolute Gasteiger partial charge is 0.150 e. The van der Waals surface area contributed by atoms with E-state index >= 15 is 0 Å². The van der Waals surface area contributed by atoms with Gasteiger partial charge in [-0.15, -0.1) is 0 Å². The molecule has 21 heavy (non-hydrogen) atoms. The molecule has 0 aliphatic carbocycles. The molecular weight excluding hydrogens is 286 g/mol. The second-order valence-electron chi connectivity index (χ2n) is 5.23. The van der Waals surface area contributed by atoms with Crippen molar-refractivity contribution in [1.29, 1.82) is 0 Å². The van der Waals surface area contributed by atoms with Crippen LogP contribution >= 0.6 is 0 Å². The van der Waals surface area contributed by atoms with Crippen LogP contribution in [0.3, 0.4) is 0 Å². The number of aryl methyl sites for hydroxylation is 1. The minimum Gasteiger partial charge on any atom is -0.493 e. The quantitative estimate of drug-likeness (QED) is 0.675. The lowest BCUT2D eigenvalue weighted by molar-refractivity contribution is 0.313. The third kappa shape index (κ3) is 6.96. The number of sulfone groups is 1. The maximum absolute atomic E-state index is 11.4. The third-order valence-corrected chi connectivity index (χ3v) is 5.05. The molecule has 120 valence electrons. The van der Waals surface area contributed by atoms with Crippen molar-refractivity contribution in [2.45, 2.75) is 40.2 Å². The zero-order chi connectivity index (χ0) is 15.7. The van der Waals surface area contributed by atoms with Crippen molar-refractivity contribution in [1.82, 2.24) is 5.32 Å². The van der Waals surface area contributed by atoms with Crippen LogP contribution in [-0.2, 0) is 16.4 Å². The topological polar surface area (TPSA) is 55.4 Å². The fourth-order valence-corrected chi connectivity index (χ4v) is 2.84. The van der Waals surface area contributed by atoms with Crippen molar-refractivity contribution in [3.8, 4) is 5.75 Å². The van der Waals surface area contributed by atoms with Gasteiger partial charge in [0.25, 0.3) is 0 Å². The van der Waals surface area contributed by atoms with Crippen molar-refractivity contribution in [3.63, 3.8) is 0 Å². The van der Waals surface area contributed by atoms with Crippen LogP contribution in [0.2, 0.25) is 0 Å². The summed E-state index contributed by atoms with van der Waals surface area (Å²) in [7, 11) is -2.90. The fourth-order valence-electron chi connectivity index (χ4n) is 1.99. The molecule has 0 saturated heterocycles. The Morgan fingerprint density at radius 3 is 2.67 bits per heavy atom. The zero-order valence-corrected chi connectivity index (χ0v) is 14.1. The minimum atomic E-state index is -2.90. The summed E-state index contributed by atoms with van der Waals surface area (Å²) in [6.45, 7) is 8.05. The first-order valence-corrected chi connectivity index (χ1v) is 9.44. The van der Waals surface area contributed by atoms with E-state index in [1.54, 1.807) is 6.92 Å². The molecule has 0 heterocycles. The predicted octanol–water partition coefficient (Wildman–Crippen LogP) is 2.70. The number of ether oxygens (including phenoxy) is 1. The summed E-state index contributed by atoms with van der Waals surface area (Å²) < 4.78 is 28.6. The summed E-state index contributed by atoms with van der Waals surface area (Å²) in [6.07, 6.45) is 1.63. The van der Waals surface area contributed by atoms with Crippen molar-refractivity contribution in [2.75, 3.05) is 24.7 Å². The Kier molecular flexibility index (Phi) is 7.75. The molecule has 0 radical (unpaired) electrons. The summed E-state index contributed by atoms with van der Waals surface area (Å²) in [5, 5.41) is 3.37. The van der Waals surface area contributed by atoms with Gasteiger partial charge >= 0.3 is 0 Å². The molecule has 0 aliphatic rings. The predicted molar refractivity (Wildman–Crippen MR) is 87.6 cm³/mol. The van der Waals surface area contributed by atoms with Gasteiger partial charge in [0.05, 0.1) is 12.4 Å². The number of nitrogens with one attached hydrogen (secondary N) is 1. The van der Waals surface area contributed by atoms with E-state index in [1.165, 1.54) is 5.56 Å². The molecule has 0 spiro atoms. The lowest BCUT2D eigenvalue weighted by atomic mass is 10.1. The van der Waals surface area contributed by atoms with Gasteiger partial charge in [0.1, 0.15) is 15.6 Å². The summed E-state index contributed by atoms with van der Waals surface area (Å²) in [6, 6.07) is 6.09. The van der Waals surface area contributed by atoms with E-state index in [4.69, 9.17) is 4.74 Å². The van der Waals surface area contributed by atoms with E-state index in [2.05, 4.69) is 25.2 Å². The van der Waals surface area contributed by atoms with Crippen LogP contribution in [0.1, 0.15) is 37.8 Å². The standard InChI is InChI=1S/C16H27NO3S/c1-4-9-17-13-15-12-14(3)7-8-16(15)20-10-6-11-21(18,19)5-2/h7-8,12,17H,4-6,9-11,13H2,1-3H3. The minimum absolute atomic E-state index is 0.193. The maximum Gasteiger partial charge on any atom is 0.150 e. The summed E-state index contributed by atoms with van der Waals surface area (Å²) >= 11 is 0. The van der Waals surface area contributed by atoms with E-state index in [0.29, 0.717) is 13.0 Å². The Labute approximate surface area is 128 Å². The summed E-state index contributed by atoms with van der Waals surface area (Å²) in [4.78, 5) is 0. The molecule has 4 nitrogen and oxygen atoms in total. The average molecular weight is 313 g/mol. The lowest BCUT2D eigenvalue weighted by Gasteiger charge is -2.13. The maximum atomic E-state index is 11.4. The van der Waals surface area contributed by atoms with Gasteiger partial charge in [0.2, 0.25) is 0 Å². The first kappa shape index (κ1) is 18.0. The molecule has 0 bridgehead atoms. The van der Waals surface area contributed by atoms with Crippen LogP contribution in [0, 0.1) is 6.92 Å². The Hall–Kier alpha value is -1.07. The molecule has 0 unspecified atom stereocenters. The normalized spacial score (nSPS) is 11.6. The van der Waals surface area contributed by atoms with Crippen LogP contribution in [0.4, 0.5) is 0 Å². The first-order valence-electron chi connectivity index (χ1n) is 7.62. The number of hydrogen-bond donors (Lipinski definition) is 1. The molecule has 1 aromatic rings. The van der Waals surface area contributed by atoms with E-state index in [9.17, 15) is 8.42 Å². The molecule has 0 fully saturated rings. The van der Waals surface area contributed by atoms with Crippen LogP contribution in [0.15, 0.2) is 18.2 Å². The van der Waals surface area contributed by atoms with E-state index in [-0.39, 0.29) is 11.5 Å². The van der Waals surface area contributed by atoms with Gasteiger partial charge in [-0.05, 0) is 32.4 Å². The molecule has 5 heteroatoms. The molecule has 1 rings (SSSR count). The Balaban J connectivity index is 2.53. The molecule has 0 amide bonds. The van der Waals surface area contributed by atoms with Crippen molar-refractivity contribution in [3.05, 3.63) is 29.3 Å². The number of hydrogen-bond acceptors (Lipinski definition) is 4. The number of rotatable bonds is 10. The Morgan fingerprint density at radius 2 is 2.00 bits per heavy atom. The molecule has 1 N–H and O–H groups in total. The van der Waals surface area contributed by atoms with E-state index in [1.807, 2.05) is 12.1 Å². The molecule has 0 atom stereocenters. The Bertz CT molecular complexity index is 526. The van der Waals surface area contributed by atoms with Gasteiger partial charge in [-0.3, -0.25) is 0 Å². The van der Waals surface area contributed by atoms with Gasteiger partial charge in [0.15, 0.2) is 0 Å². The molecular formula is C16H27NO3S. The highest BCUT2D eigenvalue weighted by atomic mass is 32.2. The Morgan fingerprint density at radius 1 is 1.24 bits per heavy atom. The van der Waals surface area contributed by atoms with Crippen LogP contribution in [-0.4, -0.2) is 33.1 Å². The highest BCUT2D eigenvalue weighted by Gasteiger charge is 2.08. The molecule has 0 aliphatic heterocycles. The second-order valence-corrected chi connectivity index (χ2v) is 7.70. The lowest BCUT2D eigenvalue weighted by Crippen LogP contribution is -2.16. The van der Waals surface area contributed by atoms with Crippen LogP contribution < -0.4 is 10.1 Å². The van der Waals surface area contributed by atoms with E-state index in [0.717, 1.165) is 30.8 Å². The fraction of sp³-hybridized carbons (Fsp3) is 0.625. The monoisotopic (exact) mass is 313 g/mol. The van der Waals surface area contributed by atoms with Gasteiger partial charge in [0, 0.05) is 17.9 Å². The molecule has 1 aromatic carbocycles. The van der Waals surface area contributed by atoms with Gasteiger partial charge < -0.3 is 10.1 Å². The van der Waals surface area contributed by atoms with Gasteiger partial charge in [-0.25, -0.2) is 8.42 Å². The third-order valence-electron chi connectivity index (χ3n) is 3.26. The van der Waals surface area contributed by atoms with E-state index < -0.39 is 9.84 Å². The summed E-state index contributed by atoms with van der Waals surface area (Å²) in [5.74, 6) is 1.24. The van der Waals surface area contributed by atoms with Crippen LogP contribution in [0.25, 0.3) is 0 Å². The number of benzene rings is 1. The van der Waals surface area contributed by atoms with Crippen LogP contribution in [0.5, 0.6) is 5.75 Å². The second kappa shape index (κ2) is 9.05. The molecule has 0 saturated carbocycles. The first-order chi connectivity index (χ1) is 9.98. The highest BCUT2D eigenvalue weighted by Crippen LogP contribution is 2.20. The SMILES string of the molecule is CCCNCc1cc(C)ccc1OCCCS(=O)(=O)CC.